The second kappa shape index (κ2) is 5.88. The lowest BCUT2D eigenvalue weighted by Gasteiger charge is -2.08. The van der Waals surface area contributed by atoms with E-state index in [0.29, 0.717) is 11.3 Å². The summed E-state index contributed by atoms with van der Waals surface area (Å²) in [6.45, 7) is 0.263. The molecule has 0 saturated heterocycles. The highest BCUT2D eigenvalue weighted by atomic mass is 35.5. The summed E-state index contributed by atoms with van der Waals surface area (Å²) in [5.74, 6) is -2.63. The molecule has 2 N–H and O–H groups in total. The van der Waals surface area contributed by atoms with E-state index in [4.69, 9.17) is 16.7 Å². The summed E-state index contributed by atoms with van der Waals surface area (Å²) in [6, 6.07) is 7.99. The molecule has 104 valence electrons. The van der Waals surface area contributed by atoms with Crippen molar-refractivity contribution in [1.82, 2.24) is 0 Å². The summed E-state index contributed by atoms with van der Waals surface area (Å²) in [4.78, 5) is 10.7. The number of hydrogen-bond donors (Lipinski definition) is 2. The Hall–Kier alpha value is -2.14. The van der Waals surface area contributed by atoms with Crippen LogP contribution in [-0.2, 0) is 6.54 Å². The maximum atomic E-state index is 13.5. The van der Waals surface area contributed by atoms with E-state index in [0.717, 1.165) is 6.07 Å². The molecule has 2 aromatic carbocycles. The molecule has 0 amide bonds. The van der Waals surface area contributed by atoms with Gasteiger partial charge in [0, 0.05) is 12.2 Å². The van der Waals surface area contributed by atoms with E-state index in [9.17, 15) is 13.6 Å². The lowest BCUT2D eigenvalue weighted by molar-refractivity contribution is 0.0692. The summed E-state index contributed by atoms with van der Waals surface area (Å²) < 4.78 is 26.4. The lowest BCUT2D eigenvalue weighted by Crippen LogP contribution is -2.04. The summed E-state index contributed by atoms with van der Waals surface area (Å²) in [6.07, 6.45) is 0. The average molecular weight is 298 g/mol. The van der Waals surface area contributed by atoms with Crippen LogP contribution in [0.4, 0.5) is 14.5 Å². The van der Waals surface area contributed by atoms with Crippen molar-refractivity contribution in [3.05, 3.63) is 64.2 Å². The highest BCUT2D eigenvalue weighted by Gasteiger charge is 2.10. The number of aromatic carboxylic acids is 1. The quantitative estimate of drug-likeness (QED) is 0.899. The zero-order valence-electron chi connectivity index (χ0n) is 10.2. The molecule has 0 aliphatic rings. The van der Waals surface area contributed by atoms with E-state index >= 15 is 0 Å². The first-order valence-electron chi connectivity index (χ1n) is 5.68. The van der Waals surface area contributed by atoms with Gasteiger partial charge in [0.05, 0.1) is 10.6 Å². The molecule has 6 heteroatoms. The number of carboxylic acids is 1. The maximum absolute atomic E-state index is 13.5. The summed E-state index contributed by atoms with van der Waals surface area (Å²) >= 11 is 5.64. The number of carboxylic acid groups (broad SMARTS) is 1. The molecule has 0 atom stereocenters. The molecule has 20 heavy (non-hydrogen) atoms. The molecule has 0 heterocycles. The second-order valence-electron chi connectivity index (χ2n) is 4.10. The third-order valence-corrected chi connectivity index (χ3v) is 2.97. The highest BCUT2D eigenvalue weighted by Crippen LogP contribution is 2.20. The monoisotopic (exact) mass is 297 g/mol. The van der Waals surface area contributed by atoms with E-state index in [-0.39, 0.29) is 17.1 Å². The Balaban J connectivity index is 2.09. The predicted octanol–water partition coefficient (Wildman–Crippen LogP) is 3.93. The Kier molecular flexibility index (Phi) is 4.20. The van der Waals surface area contributed by atoms with Gasteiger partial charge in [0.1, 0.15) is 11.6 Å². The van der Waals surface area contributed by atoms with Gasteiger partial charge in [-0.25, -0.2) is 13.6 Å². The van der Waals surface area contributed by atoms with Crippen LogP contribution in [0.2, 0.25) is 5.02 Å². The molecule has 0 bridgehead atoms. The SMILES string of the molecule is O=C(O)c1ccc(CNc2ccc(F)c(Cl)c2)cc1F. The molecule has 0 spiro atoms. The first-order chi connectivity index (χ1) is 9.47. The molecule has 2 aromatic rings. The van der Waals surface area contributed by atoms with E-state index < -0.39 is 17.6 Å². The smallest absolute Gasteiger partial charge is 0.338 e. The number of nitrogens with one attached hydrogen (secondary N) is 1. The standard InChI is InChI=1S/C14H10ClF2NO2/c15-11-6-9(2-4-12(11)16)18-7-8-1-3-10(14(19)20)13(17)5-8/h1-6,18H,7H2,(H,19,20). The molecular formula is C14H10ClF2NO2. The minimum Gasteiger partial charge on any atom is -0.478 e. The number of carbonyl (C=O) groups is 1. The van der Waals surface area contributed by atoms with Crippen molar-refractivity contribution in [2.75, 3.05) is 5.32 Å². The van der Waals surface area contributed by atoms with Crippen molar-refractivity contribution >= 4 is 23.3 Å². The van der Waals surface area contributed by atoms with Gasteiger partial charge in [0.2, 0.25) is 0 Å². The van der Waals surface area contributed by atoms with Gasteiger partial charge in [-0.15, -0.1) is 0 Å². The molecule has 0 saturated carbocycles. The van der Waals surface area contributed by atoms with Crippen LogP contribution in [0.25, 0.3) is 0 Å². The van der Waals surface area contributed by atoms with E-state index in [1.807, 2.05) is 0 Å². The number of anilines is 1. The first-order valence-corrected chi connectivity index (χ1v) is 6.06. The summed E-state index contributed by atoms with van der Waals surface area (Å²) in [7, 11) is 0. The highest BCUT2D eigenvalue weighted by molar-refractivity contribution is 6.31. The van der Waals surface area contributed by atoms with Gasteiger partial charge in [-0.05, 0) is 35.9 Å². The van der Waals surface area contributed by atoms with Crippen molar-refractivity contribution < 1.29 is 18.7 Å². The van der Waals surface area contributed by atoms with Crippen molar-refractivity contribution in [3.63, 3.8) is 0 Å². The fourth-order valence-corrected chi connectivity index (χ4v) is 1.83. The topological polar surface area (TPSA) is 49.3 Å². The van der Waals surface area contributed by atoms with E-state index in [1.54, 1.807) is 0 Å². The second-order valence-corrected chi connectivity index (χ2v) is 4.51. The molecule has 0 unspecified atom stereocenters. The number of benzene rings is 2. The van der Waals surface area contributed by atoms with Gasteiger partial charge in [0.15, 0.2) is 0 Å². The van der Waals surface area contributed by atoms with Crippen LogP contribution in [0.3, 0.4) is 0 Å². The van der Waals surface area contributed by atoms with Crippen molar-refractivity contribution in [2.24, 2.45) is 0 Å². The van der Waals surface area contributed by atoms with Crippen LogP contribution in [0.15, 0.2) is 36.4 Å². The maximum Gasteiger partial charge on any atom is 0.338 e. The fourth-order valence-electron chi connectivity index (χ4n) is 1.65. The third kappa shape index (κ3) is 3.24. The van der Waals surface area contributed by atoms with Gasteiger partial charge in [-0.1, -0.05) is 17.7 Å². The van der Waals surface area contributed by atoms with Crippen LogP contribution in [0, 0.1) is 11.6 Å². The third-order valence-electron chi connectivity index (χ3n) is 2.68. The largest absolute Gasteiger partial charge is 0.478 e. The van der Waals surface area contributed by atoms with Crippen LogP contribution >= 0.6 is 11.6 Å². The van der Waals surface area contributed by atoms with Crippen LogP contribution in [0.5, 0.6) is 0 Å². The van der Waals surface area contributed by atoms with Crippen LogP contribution < -0.4 is 5.32 Å². The number of halogens is 3. The van der Waals surface area contributed by atoms with E-state index in [1.165, 1.54) is 30.3 Å². The zero-order valence-corrected chi connectivity index (χ0v) is 10.9. The fraction of sp³-hybridized carbons (Fsp3) is 0.0714. The molecule has 3 nitrogen and oxygen atoms in total. The van der Waals surface area contributed by atoms with Crippen LogP contribution in [-0.4, -0.2) is 11.1 Å². The van der Waals surface area contributed by atoms with Gasteiger partial charge in [0.25, 0.3) is 0 Å². The van der Waals surface area contributed by atoms with Crippen molar-refractivity contribution in [2.45, 2.75) is 6.54 Å². The van der Waals surface area contributed by atoms with Gasteiger partial charge in [-0.2, -0.15) is 0 Å². The Morgan fingerprint density at radius 1 is 1.15 bits per heavy atom. The molecule has 0 aliphatic heterocycles. The average Bonchev–Trinajstić information content (AvgIpc) is 2.40. The molecule has 0 aromatic heterocycles. The van der Waals surface area contributed by atoms with Crippen molar-refractivity contribution in [1.29, 1.82) is 0 Å². The minimum atomic E-state index is -1.31. The van der Waals surface area contributed by atoms with Gasteiger partial charge in [-0.3, -0.25) is 0 Å². The Morgan fingerprint density at radius 3 is 2.50 bits per heavy atom. The zero-order chi connectivity index (χ0) is 14.7. The molecule has 0 fully saturated rings. The Morgan fingerprint density at radius 2 is 1.90 bits per heavy atom. The molecule has 0 radical (unpaired) electrons. The Bertz CT molecular complexity index is 662. The molecule has 0 aliphatic carbocycles. The lowest BCUT2D eigenvalue weighted by atomic mass is 10.1. The van der Waals surface area contributed by atoms with Gasteiger partial charge < -0.3 is 10.4 Å². The summed E-state index contributed by atoms with van der Waals surface area (Å²) in [5, 5.41) is 11.6. The first kappa shape index (κ1) is 14.3. The molecular weight excluding hydrogens is 288 g/mol. The number of rotatable bonds is 4. The minimum absolute atomic E-state index is 0.0117. The number of hydrogen-bond acceptors (Lipinski definition) is 2. The molecule has 2 rings (SSSR count). The Labute approximate surface area is 118 Å². The normalized spacial score (nSPS) is 10.3. The predicted molar refractivity (Wildman–Crippen MR) is 72.1 cm³/mol. The van der Waals surface area contributed by atoms with E-state index in [2.05, 4.69) is 5.32 Å². The van der Waals surface area contributed by atoms with Crippen molar-refractivity contribution in [3.8, 4) is 0 Å². The summed E-state index contributed by atoms with van der Waals surface area (Å²) in [5.41, 5.74) is 0.769. The van der Waals surface area contributed by atoms with Crippen LogP contribution in [0.1, 0.15) is 15.9 Å². The van der Waals surface area contributed by atoms with Gasteiger partial charge >= 0.3 is 5.97 Å².